The predicted octanol–water partition coefficient (Wildman–Crippen LogP) is 12.4. The van der Waals surface area contributed by atoms with Crippen LogP contribution in [0.1, 0.15) is 69.8 Å². The first-order valence-corrected chi connectivity index (χ1v) is 17.6. The van der Waals surface area contributed by atoms with Gasteiger partial charge in [-0.05, 0) is 74.5 Å². The van der Waals surface area contributed by atoms with Crippen LogP contribution in [-0.2, 0) is 19.3 Å². The second-order valence-corrected chi connectivity index (χ2v) is 15.7. The molecule has 0 N–H and O–H groups in total. The van der Waals surface area contributed by atoms with Gasteiger partial charge in [-0.3, -0.25) is 0 Å². The molecule has 4 heterocycles. The first-order chi connectivity index (χ1) is 17.6. The summed E-state index contributed by atoms with van der Waals surface area (Å²) in [5, 5.41) is 0. The van der Waals surface area contributed by atoms with Crippen LogP contribution in [-0.4, -0.2) is 0 Å². The number of benzene rings is 1. The van der Waals surface area contributed by atoms with Gasteiger partial charge in [-0.25, -0.2) is 0 Å². The van der Waals surface area contributed by atoms with Crippen molar-refractivity contribution in [3.8, 4) is 10.4 Å². The maximum Gasteiger partial charge on any atom is 0.0456 e. The molecule has 0 radical (unpaired) electrons. The fourth-order valence-corrected chi connectivity index (χ4v) is 10.9. The number of unbranched alkanes of at least 4 members (excludes halogenated alkanes) is 5. The van der Waals surface area contributed by atoms with Crippen LogP contribution < -0.4 is 0 Å². The zero-order valence-electron chi connectivity index (χ0n) is 20.4. The van der Waals surface area contributed by atoms with Crippen molar-refractivity contribution in [2.75, 3.05) is 0 Å². The Balaban J connectivity index is 1.20. The van der Waals surface area contributed by atoms with Crippen LogP contribution in [0.4, 0.5) is 0 Å². The minimum atomic E-state index is 0.998. The van der Waals surface area contributed by atoms with Crippen molar-refractivity contribution >= 4 is 86.6 Å². The Labute approximate surface area is 247 Å². The molecular weight excluding hydrogens is 648 g/mol. The van der Waals surface area contributed by atoms with Crippen molar-refractivity contribution < 1.29 is 0 Å². The van der Waals surface area contributed by atoms with Gasteiger partial charge in [0.25, 0.3) is 0 Å². The molecule has 5 rings (SSSR count). The lowest BCUT2D eigenvalue weighted by atomic mass is 10.1. The van der Waals surface area contributed by atoms with Crippen LogP contribution in [0.2, 0.25) is 0 Å². The Bertz CT molecular complexity index is 1370. The molecular formula is C30H30Br2S4. The van der Waals surface area contributed by atoms with E-state index in [1.165, 1.54) is 98.1 Å². The topological polar surface area (TPSA) is 0 Å². The van der Waals surface area contributed by atoms with Gasteiger partial charge in [0, 0.05) is 60.4 Å². The smallest absolute Gasteiger partial charge is 0.0456 e. The highest BCUT2D eigenvalue weighted by Crippen LogP contribution is 2.40. The standard InChI is InChI=1S/C30H30Br2S4/c1-2-3-4-5-6-10-13-21-14-24(31)27(33-21)15-22-17-29-30(34-22)18-23(35-29)16-28-25(32)19-26(36-28)20-11-8-7-9-12-20/h7-9,11-12,14,17-19H,2-6,10,13,15-16H2,1H3. The Hall–Kier alpha value is -0.760. The van der Waals surface area contributed by atoms with Crippen molar-refractivity contribution in [1.82, 2.24) is 0 Å². The number of fused-ring (bicyclic) bond motifs is 1. The summed E-state index contributed by atoms with van der Waals surface area (Å²) in [6.07, 6.45) is 11.4. The van der Waals surface area contributed by atoms with Gasteiger partial charge in [0.2, 0.25) is 0 Å². The van der Waals surface area contributed by atoms with Crippen molar-refractivity contribution in [2.45, 2.75) is 64.7 Å². The zero-order valence-corrected chi connectivity index (χ0v) is 26.9. The summed E-state index contributed by atoms with van der Waals surface area (Å²) in [5.74, 6) is 0. The molecule has 0 fully saturated rings. The maximum atomic E-state index is 3.84. The third-order valence-corrected chi connectivity index (χ3v) is 13.0. The van der Waals surface area contributed by atoms with Crippen LogP contribution in [0.3, 0.4) is 0 Å². The molecule has 0 nitrogen and oxygen atoms in total. The van der Waals surface area contributed by atoms with E-state index in [-0.39, 0.29) is 0 Å². The van der Waals surface area contributed by atoms with E-state index in [0.717, 1.165) is 12.8 Å². The molecule has 1 aromatic carbocycles. The summed E-state index contributed by atoms with van der Waals surface area (Å²) in [4.78, 5) is 8.66. The van der Waals surface area contributed by atoms with Gasteiger partial charge >= 0.3 is 0 Å². The Morgan fingerprint density at radius 2 is 1.22 bits per heavy atom. The average molecular weight is 679 g/mol. The third-order valence-electron chi connectivity index (χ3n) is 6.38. The highest BCUT2D eigenvalue weighted by molar-refractivity contribution is 9.10. The molecule has 0 aliphatic heterocycles. The molecule has 188 valence electrons. The molecule has 0 unspecified atom stereocenters. The number of aryl methyl sites for hydroxylation is 1. The monoisotopic (exact) mass is 676 g/mol. The minimum absolute atomic E-state index is 0.998. The van der Waals surface area contributed by atoms with E-state index in [0.29, 0.717) is 0 Å². The van der Waals surface area contributed by atoms with E-state index in [4.69, 9.17) is 0 Å². The summed E-state index contributed by atoms with van der Waals surface area (Å²) in [6.45, 7) is 2.28. The molecule has 0 atom stereocenters. The average Bonchev–Trinajstić information content (AvgIpc) is 3.61. The van der Waals surface area contributed by atoms with E-state index in [1.807, 2.05) is 45.3 Å². The van der Waals surface area contributed by atoms with Gasteiger partial charge in [0.15, 0.2) is 0 Å². The van der Waals surface area contributed by atoms with Gasteiger partial charge in [-0.1, -0.05) is 69.4 Å². The Kier molecular flexibility index (Phi) is 9.58. The minimum Gasteiger partial charge on any atom is -0.144 e. The molecule has 0 bridgehead atoms. The lowest BCUT2D eigenvalue weighted by Crippen LogP contribution is -1.82. The molecule has 0 spiro atoms. The van der Waals surface area contributed by atoms with Gasteiger partial charge in [-0.15, -0.1) is 45.3 Å². The third kappa shape index (κ3) is 6.81. The second kappa shape index (κ2) is 12.9. The van der Waals surface area contributed by atoms with E-state index < -0.39 is 0 Å². The molecule has 4 aromatic heterocycles. The highest BCUT2D eigenvalue weighted by Gasteiger charge is 2.14. The molecule has 0 saturated heterocycles. The Morgan fingerprint density at radius 1 is 0.611 bits per heavy atom. The first kappa shape index (κ1) is 26.8. The largest absolute Gasteiger partial charge is 0.144 e. The highest BCUT2D eigenvalue weighted by atomic mass is 79.9. The molecule has 0 saturated carbocycles. The summed E-state index contributed by atoms with van der Waals surface area (Å²) in [5.41, 5.74) is 1.29. The molecule has 36 heavy (non-hydrogen) atoms. The van der Waals surface area contributed by atoms with Crippen molar-refractivity contribution in [1.29, 1.82) is 0 Å². The Morgan fingerprint density at radius 3 is 1.92 bits per heavy atom. The molecule has 0 aliphatic carbocycles. The SMILES string of the molecule is CCCCCCCCc1cc(Br)c(Cc2cc3sc(Cc4sc(-c5ccccc5)cc4Br)cc3s2)s1. The van der Waals surface area contributed by atoms with Crippen molar-refractivity contribution in [3.05, 3.63) is 87.9 Å². The maximum absolute atomic E-state index is 3.84. The van der Waals surface area contributed by atoms with Crippen LogP contribution in [0.25, 0.3) is 19.8 Å². The van der Waals surface area contributed by atoms with Gasteiger partial charge < -0.3 is 0 Å². The normalized spacial score (nSPS) is 11.6. The summed E-state index contributed by atoms with van der Waals surface area (Å²) < 4.78 is 5.38. The van der Waals surface area contributed by atoms with Crippen LogP contribution in [0.5, 0.6) is 0 Å². The van der Waals surface area contributed by atoms with Gasteiger partial charge in [0.05, 0.1) is 0 Å². The van der Waals surface area contributed by atoms with E-state index in [9.17, 15) is 0 Å². The summed E-state index contributed by atoms with van der Waals surface area (Å²) >= 11 is 15.5. The lowest BCUT2D eigenvalue weighted by Gasteiger charge is -1.99. The van der Waals surface area contributed by atoms with E-state index >= 15 is 0 Å². The number of rotatable bonds is 12. The van der Waals surface area contributed by atoms with Crippen LogP contribution in [0.15, 0.2) is 63.5 Å². The fraction of sp³-hybridized carbons (Fsp3) is 0.333. The molecule has 0 aliphatic rings. The quantitative estimate of drug-likeness (QED) is 0.115. The van der Waals surface area contributed by atoms with Crippen LogP contribution >= 0.6 is 77.2 Å². The van der Waals surface area contributed by atoms with Crippen molar-refractivity contribution in [2.24, 2.45) is 0 Å². The predicted molar refractivity (Wildman–Crippen MR) is 172 cm³/mol. The number of hydrogen-bond acceptors (Lipinski definition) is 4. The second-order valence-electron chi connectivity index (χ2n) is 9.26. The van der Waals surface area contributed by atoms with E-state index in [2.05, 4.69) is 93.4 Å². The molecule has 5 aromatic rings. The van der Waals surface area contributed by atoms with Crippen molar-refractivity contribution in [3.63, 3.8) is 0 Å². The van der Waals surface area contributed by atoms with E-state index in [1.54, 1.807) is 0 Å². The van der Waals surface area contributed by atoms with Gasteiger partial charge in [-0.2, -0.15) is 0 Å². The summed E-state index contributed by atoms with van der Waals surface area (Å²) in [6, 6.07) is 20.1. The molecule has 0 amide bonds. The zero-order chi connectivity index (χ0) is 24.9. The summed E-state index contributed by atoms with van der Waals surface area (Å²) in [7, 11) is 0. The number of thiophene rings is 4. The first-order valence-electron chi connectivity index (χ1n) is 12.7. The fourth-order valence-electron chi connectivity index (χ4n) is 4.48. The van der Waals surface area contributed by atoms with Crippen LogP contribution in [0, 0.1) is 0 Å². The van der Waals surface area contributed by atoms with Gasteiger partial charge in [0.1, 0.15) is 0 Å². The number of hydrogen-bond donors (Lipinski definition) is 0. The number of halogens is 2. The molecule has 6 heteroatoms. The lowest BCUT2D eigenvalue weighted by molar-refractivity contribution is 0.609.